The van der Waals surface area contributed by atoms with Crippen LogP contribution in [0.25, 0.3) is 82.3 Å². The highest BCUT2D eigenvalue weighted by molar-refractivity contribution is 7.99. The minimum absolute atomic E-state index is 0.310. The van der Waals surface area contributed by atoms with Gasteiger partial charge in [-0.15, -0.1) is 0 Å². The van der Waals surface area contributed by atoms with Gasteiger partial charge in [0.1, 0.15) is 6.17 Å². The average Bonchev–Trinajstić information content (AvgIpc) is 3.85. The minimum atomic E-state index is -0.310. The molecule has 0 aliphatic carbocycles. The van der Waals surface area contributed by atoms with Crippen molar-refractivity contribution in [2.75, 3.05) is 0 Å². The van der Waals surface area contributed by atoms with Crippen molar-refractivity contribution in [1.82, 2.24) is 14.5 Å². The molecule has 5 nitrogen and oxygen atoms in total. The van der Waals surface area contributed by atoms with Crippen molar-refractivity contribution in [2.45, 2.75) is 16.0 Å². The molecule has 61 heavy (non-hydrogen) atoms. The predicted molar refractivity (Wildman–Crippen MR) is 254 cm³/mol. The average molecular weight is 798 g/mol. The number of para-hydroxylation sites is 2. The van der Waals surface area contributed by atoms with E-state index in [2.05, 4.69) is 190 Å². The van der Waals surface area contributed by atoms with E-state index in [1.54, 1.807) is 0 Å². The lowest BCUT2D eigenvalue weighted by molar-refractivity contribution is 0.661. The Morgan fingerprint density at radius 3 is 1.97 bits per heavy atom. The summed E-state index contributed by atoms with van der Waals surface area (Å²) in [5.74, 6) is 1.44. The molecule has 11 aromatic rings. The summed E-state index contributed by atoms with van der Waals surface area (Å²) < 4.78 is 4.75. The SMILES string of the molecule is c1ccc(C2=NC(c3ccccc3)NC(n3c4ccccc4c4c(-c5ccc6c7c8cccc9c8c(cc7n(-c7ccccc7)c6c5)Sc5ccccc5-9)cccc43)=N2)cc1. The molecule has 0 fully saturated rings. The fourth-order valence-corrected chi connectivity index (χ4v) is 10.9. The molecule has 9 aromatic carbocycles. The van der Waals surface area contributed by atoms with E-state index in [-0.39, 0.29) is 6.17 Å². The number of hydrogen-bond donors (Lipinski definition) is 1. The Morgan fingerprint density at radius 2 is 1.10 bits per heavy atom. The Hall–Kier alpha value is -7.67. The normalized spacial score (nSPS) is 14.7. The lowest BCUT2D eigenvalue weighted by Gasteiger charge is -2.24. The number of fused-ring (bicyclic) bond motifs is 9. The summed E-state index contributed by atoms with van der Waals surface area (Å²) in [5, 5.41) is 11.2. The van der Waals surface area contributed by atoms with Gasteiger partial charge in [0.15, 0.2) is 5.84 Å². The van der Waals surface area contributed by atoms with Crippen LogP contribution in [0.5, 0.6) is 0 Å². The van der Waals surface area contributed by atoms with E-state index in [0.717, 1.165) is 39.4 Å². The molecule has 13 rings (SSSR count). The molecule has 6 heteroatoms. The predicted octanol–water partition coefficient (Wildman–Crippen LogP) is 13.8. The highest BCUT2D eigenvalue weighted by Gasteiger charge is 2.27. The monoisotopic (exact) mass is 797 g/mol. The van der Waals surface area contributed by atoms with E-state index in [1.807, 2.05) is 36.0 Å². The van der Waals surface area contributed by atoms with E-state index in [9.17, 15) is 0 Å². The number of hydrogen-bond acceptors (Lipinski definition) is 4. The second-order valence-corrected chi connectivity index (χ2v) is 16.8. The summed E-state index contributed by atoms with van der Waals surface area (Å²) in [6.45, 7) is 0. The van der Waals surface area contributed by atoms with E-state index in [4.69, 9.17) is 9.98 Å². The van der Waals surface area contributed by atoms with E-state index in [1.165, 1.54) is 69.8 Å². The van der Waals surface area contributed by atoms with Gasteiger partial charge >= 0.3 is 0 Å². The molecule has 1 N–H and O–H groups in total. The zero-order chi connectivity index (χ0) is 40.0. The maximum atomic E-state index is 5.26. The van der Waals surface area contributed by atoms with Gasteiger partial charge in [-0.25, -0.2) is 4.99 Å². The first-order chi connectivity index (χ1) is 30.3. The first-order valence-electron chi connectivity index (χ1n) is 20.7. The lowest BCUT2D eigenvalue weighted by Crippen LogP contribution is -2.37. The Bertz CT molecular complexity index is 3640. The molecule has 0 saturated carbocycles. The molecule has 0 radical (unpaired) electrons. The Balaban J connectivity index is 1.05. The standard InChI is InChI=1S/C55H35N5S/c1-4-16-34(17-5-1)53-56-54(35-18-6-2-7-19-35)58-55(57-53)60-44-27-12-10-23-41(44)50-38(24-15-28-45(50)60)36-30-31-42-46(32-36)59(37-20-8-3-9-21-37)47-33-49-52-40(25-14-26-43(52)51(42)47)39-22-11-13-29-48(39)61-49/h1-33,53H,(H,56,57,58). The van der Waals surface area contributed by atoms with Crippen molar-refractivity contribution >= 4 is 77.9 Å². The summed E-state index contributed by atoms with van der Waals surface area (Å²) >= 11 is 1.88. The first-order valence-corrected chi connectivity index (χ1v) is 21.5. The molecule has 0 spiro atoms. The summed E-state index contributed by atoms with van der Waals surface area (Å²) in [4.78, 5) is 13.0. The van der Waals surface area contributed by atoms with Gasteiger partial charge in [-0.05, 0) is 75.7 Å². The molecule has 0 bridgehead atoms. The van der Waals surface area contributed by atoms with Gasteiger partial charge in [-0.3, -0.25) is 4.57 Å². The number of aromatic nitrogens is 2. The van der Waals surface area contributed by atoms with Crippen LogP contribution in [0.1, 0.15) is 17.3 Å². The molecule has 1 atom stereocenters. The third-order valence-electron chi connectivity index (χ3n) is 12.4. The number of nitrogens with one attached hydrogen (secondary N) is 1. The van der Waals surface area contributed by atoms with Gasteiger partial charge in [0, 0.05) is 48.0 Å². The van der Waals surface area contributed by atoms with Crippen LogP contribution in [0.4, 0.5) is 0 Å². The summed E-state index contributed by atoms with van der Waals surface area (Å²) in [6, 6.07) is 72.0. The van der Waals surface area contributed by atoms with Crippen LogP contribution in [-0.4, -0.2) is 20.9 Å². The first kappa shape index (κ1) is 34.2. The van der Waals surface area contributed by atoms with Crippen LogP contribution < -0.4 is 5.32 Å². The summed E-state index contributed by atoms with van der Waals surface area (Å²) in [7, 11) is 0. The van der Waals surface area contributed by atoms with Gasteiger partial charge < -0.3 is 9.88 Å². The fraction of sp³-hybridized carbons (Fsp3) is 0.0182. The van der Waals surface area contributed by atoms with Crippen molar-refractivity contribution in [3.63, 3.8) is 0 Å². The zero-order valence-electron chi connectivity index (χ0n) is 32.8. The Morgan fingerprint density at radius 1 is 0.426 bits per heavy atom. The quantitative estimate of drug-likeness (QED) is 0.193. The maximum Gasteiger partial charge on any atom is 0.211 e. The van der Waals surface area contributed by atoms with Gasteiger partial charge in [-0.2, -0.15) is 4.99 Å². The molecule has 2 aliphatic heterocycles. The van der Waals surface area contributed by atoms with Crippen molar-refractivity contribution in [1.29, 1.82) is 0 Å². The second-order valence-electron chi connectivity index (χ2n) is 15.8. The number of amidine groups is 1. The summed E-state index contributed by atoms with van der Waals surface area (Å²) in [6.07, 6.45) is -0.310. The largest absolute Gasteiger partial charge is 0.330 e. The van der Waals surface area contributed by atoms with Gasteiger partial charge in [0.2, 0.25) is 5.96 Å². The Labute approximate surface area is 356 Å². The molecule has 2 aliphatic rings. The zero-order valence-corrected chi connectivity index (χ0v) is 33.6. The maximum absolute atomic E-state index is 5.26. The van der Waals surface area contributed by atoms with Crippen LogP contribution >= 0.6 is 11.8 Å². The lowest BCUT2D eigenvalue weighted by atomic mass is 9.94. The summed E-state index contributed by atoms with van der Waals surface area (Å²) in [5.41, 5.74) is 12.7. The fourth-order valence-electron chi connectivity index (χ4n) is 9.73. The highest BCUT2D eigenvalue weighted by atomic mass is 32.2. The van der Waals surface area contributed by atoms with Gasteiger partial charge in [0.25, 0.3) is 0 Å². The molecule has 0 saturated heterocycles. The van der Waals surface area contributed by atoms with E-state index < -0.39 is 0 Å². The molecule has 4 heterocycles. The van der Waals surface area contributed by atoms with Crippen molar-refractivity contribution in [3.8, 4) is 27.9 Å². The van der Waals surface area contributed by atoms with E-state index in [0.29, 0.717) is 5.84 Å². The molecule has 1 unspecified atom stereocenters. The molecule has 0 amide bonds. The highest BCUT2D eigenvalue weighted by Crippen LogP contribution is 2.51. The van der Waals surface area contributed by atoms with Gasteiger partial charge in [0.05, 0.1) is 22.1 Å². The smallest absolute Gasteiger partial charge is 0.211 e. The molecular formula is C55H35N5S. The number of rotatable bonds is 4. The van der Waals surface area contributed by atoms with Crippen LogP contribution in [0.15, 0.2) is 220 Å². The number of nitrogens with zero attached hydrogens (tertiary/aromatic N) is 4. The molecular weight excluding hydrogens is 763 g/mol. The Kier molecular flexibility index (Phi) is 7.53. The van der Waals surface area contributed by atoms with E-state index >= 15 is 0 Å². The number of benzene rings is 9. The molecule has 286 valence electrons. The van der Waals surface area contributed by atoms with Crippen LogP contribution in [0.2, 0.25) is 0 Å². The number of aliphatic imine (C=N–C) groups is 2. The van der Waals surface area contributed by atoms with Crippen LogP contribution in [0, 0.1) is 0 Å². The van der Waals surface area contributed by atoms with Crippen LogP contribution in [-0.2, 0) is 0 Å². The van der Waals surface area contributed by atoms with Crippen molar-refractivity contribution in [2.24, 2.45) is 9.98 Å². The molecule has 2 aromatic heterocycles. The second kappa shape index (κ2) is 13.4. The third-order valence-corrected chi connectivity index (χ3v) is 13.5. The van der Waals surface area contributed by atoms with Crippen molar-refractivity contribution < 1.29 is 0 Å². The van der Waals surface area contributed by atoms with Crippen LogP contribution in [0.3, 0.4) is 0 Å². The minimum Gasteiger partial charge on any atom is -0.330 e. The third kappa shape index (κ3) is 5.22. The topological polar surface area (TPSA) is 46.6 Å². The van der Waals surface area contributed by atoms with Gasteiger partial charge in [-0.1, -0.05) is 169 Å². The van der Waals surface area contributed by atoms with Crippen molar-refractivity contribution in [3.05, 3.63) is 211 Å².